The fourth-order valence-electron chi connectivity index (χ4n) is 4.02. The van der Waals surface area contributed by atoms with E-state index in [1.165, 1.54) is 0 Å². The average Bonchev–Trinajstić information content (AvgIpc) is 3.46. The van der Waals surface area contributed by atoms with E-state index in [4.69, 9.17) is 20.8 Å². The number of fused-ring (bicyclic) bond motifs is 1. The van der Waals surface area contributed by atoms with Gasteiger partial charge in [0.05, 0.1) is 10.2 Å². The second-order valence-corrected chi connectivity index (χ2v) is 9.20. The first-order chi connectivity index (χ1) is 15.1. The number of hydrogen-bond donors (Lipinski definition) is 1. The number of aromatic nitrogens is 1. The van der Waals surface area contributed by atoms with Gasteiger partial charge >= 0.3 is 0 Å². The van der Waals surface area contributed by atoms with Crippen molar-refractivity contribution < 1.29 is 13.9 Å². The number of benzene rings is 2. The van der Waals surface area contributed by atoms with Gasteiger partial charge in [0.1, 0.15) is 0 Å². The molecule has 0 spiro atoms. The molecule has 0 unspecified atom stereocenters. The fraction of sp³-hybridized carbons (Fsp3) is 0.250. The summed E-state index contributed by atoms with van der Waals surface area (Å²) in [5.74, 6) is 0.657. The van der Waals surface area contributed by atoms with Crippen LogP contribution < -0.4 is 5.32 Å². The lowest BCUT2D eigenvalue weighted by molar-refractivity contribution is 0.0484. The Balaban J connectivity index is 1.33. The summed E-state index contributed by atoms with van der Waals surface area (Å²) < 4.78 is 12.5. The molecule has 2 aromatic carbocycles. The quantitative estimate of drug-likeness (QED) is 0.422. The number of furan rings is 1. The van der Waals surface area contributed by atoms with E-state index in [-0.39, 0.29) is 17.1 Å². The number of carbonyl (C=O) groups excluding carboxylic acids is 1. The Morgan fingerprint density at radius 3 is 2.61 bits per heavy atom. The molecule has 158 valence electrons. The van der Waals surface area contributed by atoms with Crippen LogP contribution in [0.3, 0.4) is 0 Å². The monoisotopic (exact) mass is 452 g/mol. The number of thiazole rings is 1. The van der Waals surface area contributed by atoms with E-state index in [1.807, 2.05) is 48.5 Å². The molecule has 3 heterocycles. The summed E-state index contributed by atoms with van der Waals surface area (Å²) in [5, 5.41) is 4.54. The summed E-state index contributed by atoms with van der Waals surface area (Å²) in [5.41, 5.74) is 1.91. The van der Waals surface area contributed by atoms with Crippen molar-refractivity contribution in [3.8, 4) is 10.8 Å². The third-order valence-corrected chi connectivity index (χ3v) is 7.13. The van der Waals surface area contributed by atoms with Gasteiger partial charge in [0.2, 0.25) is 0 Å². The summed E-state index contributed by atoms with van der Waals surface area (Å²) in [6, 6.07) is 19.3. The lowest BCUT2D eigenvalue weighted by Crippen LogP contribution is -2.44. The van der Waals surface area contributed by atoms with Crippen LogP contribution in [0.4, 0.5) is 0 Å². The van der Waals surface area contributed by atoms with Gasteiger partial charge < -0.3 is 14.5 Å². The van der Waals surface area contributed by atoms with Crippen molar-refractivity contribution >= 4 is 39.1 Å². The number of ether oxygens (including phenoxy) is 1. The number of amides is 1. The summed E-state index contributed by atoms with van der Waals surface area (Å²) in [6.45, 7) is 1.84. The maximum Gasteiger partial charge on any atom is 0.287 e. The number of halogens is 1. The Hall–Kier alpha value is -2.67. The van der Waals surface area contributed by atoms with E-state index in [1.54, 1.807) is 23.5 Å². The first kappa shape index (κ1) is 20.2. The fourth-order valence-corrected chi connectivity index (χ4v) is 5.08. The van der Waals surface area contributed by atoms with E-state index < -0.39 is 0 Å². The van der Waals surface area contributed by atoms with Crippen molar-refractivity contribution in [2.75, 3.05) is 19.8 Å². The Morgan fingerprint density at radius 1 is 1.06 bits per heavy atom. The zero-order valence-electron chi connectivity index (χ0n) is 16.8. The zero-order chi connectivity index (χ0) is 21.3. The van der Waals surface area contributed by atoms with Gasteiger partial charge in [-0.15, -0.1) is 11.3 Å². The van der Waals surface area contributed by atoms with Crippen molar-refractivity contribution in [3.63, 3.8) is 0 Å². The number of para-hydroxylation sites is 1. The molecule has 1 saturated heterocycles. The molecule has 5 rings (SSSR count). The molecule has 0 radical (unpaired) electrons. The first-order valence-electron chi connectivity index (χ1n) is 10.2. The predicted molar refractivity (Wildman–Crippen MR) is 123 cm³/mol. The standard InChI is InChI=1S/C24H21ClN2O3S/c25-17-7-5-16(6-8-17)24(11-13-29-14-12-24)15-26-22(28)19-9-10-20(30-19)23-27-18-3-1-2-4-21(18)31-23/h1-10H,11-15H2,(H,26,28). The molecule has 0 saturated carbocycles. The Morgan fingerprint density at radius 2 is 1.84 bits per heavy atom. The van der Waals surface area contributed by atoms with Gasteiger partial charge in [0, 0.05) is 30.2 Å². The Kier molecular flexibility index (Phi) is 5.52. The number of nitrogens with zero attached hydrogens (tertiary/aromatic N) is 1. The van der Waals surface area contributed by atoms with Crippen LogP contribution in [0, 0.1) is 0 Å². The molecular weight excluding hydrogens is 432 g/mol. The minimum absolute atomic E-state index is 0.180. The van der Waals surface area contributed by atoms with Gasteiger partial charge in [-0.25, -0.2) is 4.98 Å². The van der Waals surface area contributed by atoms with Crippen LogP contribution in [-0.2, 0) is 10.2 Å². The van der Waals surface area contributed by atoms with E-state index in [0.29, 0.717) is 30.5 Å². The van der Waals surface area contributed by atoms with Crippen molar-refractivity contribution in [1.82, 2.24) is 10.3 Å². The first-order valence-corrected chi connectivity index (χ1v) is 11.4. The molecular formula is C24H21ClN2O3S. The Labute approximate surface area is 189 Å². The molecule has 7 heteroatoms. The van der Waals surface area contributed by atoms with Gasteiger partial charge in [-0.05, 0) is 54.8 Å². The number of carbonyl (C=O) groups is 1. The van der Waals surface area contributed by atoms with E-state index in [0.717, 1.165) is 33.6 Å². The van der Waals surface area contributed by atoms with Crippen molar-refractivity contribution in [2.24, 2.45) is 0 Å². The molecule has 0 bridgehead atoms. The third-order valence-electron chi connectivity index (χ3n) is 5.83. The lowest BCUT2D eigenvalue weighted by Gasteiger charge is -2.38. The zero-order valence-corrected chi connectivity index (χ0v) is 18.3. The smallest absolute Gasteiger partial charge is 0.287 e. The molecule has 0 aliphatic carbocycles. The normalized spacial score (nSPS) is 15.8. The van der Waals surface area contributed by atoms with E-state index >= 15 is 0 Å². The summed E-state index contributed by atoms with van der Waals surface area (Å²) >= 11 is 7.62. The van der Waals surface area contributed by atoms with Gasteiger partial charge in [-0.3, -0.25) is 4.79 Å². The molecule has 31 heavy (non-hydrogen) atoms. The van der Waals surface area contributed by atoms with Crippen LogP contribution in [0.25, 0.3) is 21.0 Å². The predicted octanol–water partition coefficient (Wildman–Crippen LogP) is 5.69. The van der Waals surface area contributed by atoms with Crippen LogP contribution >= 0.6 is 22.9 Å². The van der Waals surface area contributed by atoms with Crippen LogP contribution in [-0.4, -0.2) is 30.6 Å². The minimum Gasteiger partial charge on any atom is -0.448 e. The van der Waals surface area contributed by atoms with Gasteiger partial charge in [-0.2, -0.15) is 0 Å². The molecule has 1 aliphatic rings. The SMILES string of the molecule is O=C(NCC1(c2ccc(Cl)cc2)CCOCC1)c1ccc(-c2nc3ccccc3s2)o1. The highest BCUT2D eigenvalue weighted by molar-refractivity contribution is 7.21. The van der Waals surface area contributed by atoms with Gasteiger partial charge in [-0.1, -0.05) is 35.9 Å². The molecule has 5 nitrogen and oxygen atoms in total. The van der Waals surface area contributed by atoms with Crippen LogP contribution in [0.2, 0.25) is 5.02 Å². The summed E-state index contributed by atoms with van der Waals surface area (Å²) in [6.07, 6.45) is 1.67. The molecule has 4 aromatic rings. The molecule has 1 fully saturated rings. The van der Waals surface area contributed by atoms with Crippen molar-refractivity contribution in [3.05, 3.63) is 77.0 Å². The van der Waals surface area contributed by atoms with Crippen molar-refractivity contribution in [2.45, 2.75) is 18.3 Å². The second-order valence-electron chi connectivity index (χ2n) is 7.73. The van der Waals surface area contributed by atoms with Crippen LogP contribution in [0.1, 0.15) is 29.0 Å². The van der Waals surface area contributed by atoms with Gasteiger partial charge in [0.25, 0.3) is 5.91 Å². The molecule has 1 N–H and O–H groups in total. The topological polar surface area (TPSA) is 64.4 Å². The number of rotatable bonds is 5. The van der Waals surface area contributed by atoms with Crippen LogP contribution in [0.5, 0.6) is 0 Å². The highest BCUT2D eigenvalue weighted by Crippen LogP contribution is 2.35. The van der Waals surface area contributed by atoms with Crippen LogP contribution in [0.15, 0.2) is 65.1 Å². The molecule has 1 amide bonds. The lowest BCUT2D eigenvalue weighted by atomic mass is 9.74. The maximum atomic E-state index is 12.9. The largest absolute Gasteiger partial charge is 0.448 e. The second kappa shape index (κ2) is 8.46. The molecule has 1 aliphatic heterocycles. The highest BCUT2D eigenvalue weighted by atomic mass is 35.5. The molecule has 0 atom stereocenters. The minimum atomic E-state index is -0.229. The van der Waals surface area contributed by atoms with Crippen molar-refractivity contribution in [1.29, 1.82) is 0 Å². The summed E-state index contributed by atoms with van der Waals surface area (Å²) in [7, 11) is 0. The number of nitrogens with one attached hydrogen (secondary N) is 1. The maximum absolute atomic E-state index is 12.9. The third kappa shape index (κ3) is 4.11. The number of hydrogen-bond acceptors (Lipinski definition) is 5. The Bertz CT molecular complexity index is 1180. The van der Waals surface area contributed by atoms with Gasteiger partial charge in [0.15, 0.2) is 16.5 Å². The van der Waals surface area contributed by atoms with E-state index in [2.05, 4.69) is 10.3 Å². The molecule has 2 aromatic heterocycles. The van der Waals surface area contributed by atoms with E-state index in [9.17, 15) is 4.79 Å². The highest BCUT2D eigenvalue weighted by Gasteiger charge is 2.35. The average molecular weight is 453 g/mol. The summed E-state index contributed by atoms with van der Waals surface area (Å²) in [4.78, 5) is 17.5.